The van der Waals surface area contributed by atoms with Crippen molar-refractivity contribution in [3.05, 3.63) is 58.7 Å². The quantitative estimate of drug-likeness (QED) is 0.202. The van der Waals surface area contributed by atoms with Gasteiger partial charge in [-0.1, -0.05) is 114 Å². The Kier molecular flexibility index (Phi) is 16.3. The second-order valence-electron chi connectivity index (χ2n) is 9.00. The Morgan fingerprint density at radius 3 is 1.31 bits per heavy atom. The smallest absolute Gasteiger partial charge is 0.872 e. The van der Waals surface area contributed by atoms with Crippen molar-refractivity contribution in [3.63, 3.8) is 0 Å². The fourth-order valence-corrected chi connectivity index (χ4v) is 4.46. The van der Waals surface area contributed by atoms with Crippen LogP contribution in [0.15, 0.2) is 36.4 Å². The summed E-state index contributed by atoms with van der Waals surface area (Å²) < 4.78 is 0. The maximum Gasteiger partial charge on any atom is 2.00 e. The zero-order chi connectivity index (χ0) is 22.3. The van der Waals surface area contributed by atoms with Crippen LogP contribution in [0.5, 0.6) is 11.5 Å². The molecule has 0 fully saturated rings. The van der Waals surface area contributed by atoms with Gasteiger partial charge in [0.1, 0.15) is 0 Å². The van der Waals surface area contributed by atoms with Crippen LogP contribution in [0, 0.1) is 0 Å². The van der Waals surface area contributed by atoms with Crippen LogP contribution in [-0.2, 0) is 19.3 Å². The summed E-state index contributed by atoms with van der Waals surface area (Å²) in [5, 5.41) is 25.4. The fraction of sp³-hybridized carbons (Fsp3) is 0.586. The number of benzene rings is 2. The minimum absolute atomic E-state index is 0. The number of aryl methyl sites for hydroxylation is 2. The van der Waals surface area contributed by atoms with Crippen LogP contribution >= 0.6 is 0 Å². The van der Waals surface area contributed by atoms with E-state index >= 15 is 0 Å². The van der Waals surface area contributed by atoms with Crippen LogP contribution in [0.4, 0.5) is 0 Å². The topological polar surface area (TPSA) is 46.1 Å². The molecule has 3 heteroatoms. The van der Waals surface area contributed by atoms with Gasteiger partial charge in [0.25, 0.3) is 0 Å². The summed E-state index contributed by atoms with van der Waals surface area (Å²) in [4.78, 5) is 0. The first-order valence-corrected chi connectivity index (χ1v) is 12.7. The van der Waals surface area contributed by atoms with Gasteiger partial charge in [-0.25, -0.2) is 0 Å². The van der Waals surface area contributed by atoms with Gasteiger partial charge in [-0.3, -0.25) is 0 Å². The minimum atomic E-state index is 0. The van der Waals surface area contributed by atoms with E-state index in [0.717, 1.165) is 47.9 Å². The molecule has 0 spiro atoms. The fourth-order valence-electron chi connectivity index (χ4n) is 4.46. The van der Waals surface area contributed by atoms with E-state index in [0.29, 0.717) is 6.42 Å². The monoisotopic (exact) mass is 462 g/mol. The molecule has 2 aromatic carbocycles. The maximum atomic E-state index is 12.7. The van der Waals surface area contributed by atoms with E-state index < -0.39 is 0 Å². The Labute approximate surface area is 226 Å². The second kappa shape index (κ2) is 17.7. The third-order valence-corrected chi connectivity index (χ3v) is 6.41. The molecular formula is C29H42CaO2. The zero-order valence-electron chi connectivity index (χ0n) is 20.6. The molecule has 0 unspecified atom stereocenters. The molecule has 0 N–H and O–H groups in total. The summed E-state index contributed by atoms with van der Waals surface area (Å²) in [5.41, 5.74) is 3.95. The minimum Gasteiger partial charge on any atom is -0.872 e. The van der Waals surface area contributed by atoms with Crippen molar-refractivity contribution in [2.75, 3.05) is 0 Å². The van der Waals surface area contributed by atoms with Crippen molar-refractivity contribution in [1.82, 2.24) is 0 Å². The van der Waals surface area contributed by atoms with Crippen molar-refractivity contribution < 1.29 is 10.2 Å². The molecule has 2 rings (SSSR count). The molecular weight excluding hydrogens is 420 g/mol. The van der Waals surface area contributed by atoms with Crippen molar-refractivity contribution >= 4 is 37.7 Å². The average Bonchev–Trinajstić information content (AvgIpc) is 2.76. The van der Waals surface area contributed by atoms with E-state index in [1.807, 2.05) is 12.1 Å². The van der Waals surface area contributed by atoms with Crippen molar-refractivity contribution in [2.24, 2.45) is 0 Å². The first-order valence-electron chi connectivity index (χ1n) is 12.7. The van der Waals surface area contributed by atoms with Crippen LogP contribution in [0.1, 0.15) is 113 Å². The summed E-state index contributed by atoms with van der Waals surface area (Å²) in [7, 11) is 0. The molecule has 2 nitrogen and oxygen atoms in total. The Morgan fingerprint density at radius 2 is 0.906 bits per heavy atom. The predicted octanol–water partition coefficient (Wildman–Crippen LogP) is 6.85. The van der Waals surface area contributed by atoms with Gasteiger partial charge in [0, 0.05) is 0 Å². The van der Waals surface area contributed by atoms with E-state index in [2.05, 4.69) is 26.0 Å². The second-order valence-corrected chi connectivity index (χ2v) is 9.00. The van der Waals surface area contributed by atoms with Gasteiger partial charge < -0.3 is 10.2 Å². The van der Waals surface area contributed by atoms with E-state index in [1.165, 1.54) is 64.2 Å². The third kappa shape index (κ3) is 10.5. The molecule has 172 valence electrons. The number of hydrogen-bond donors (Lipinski definition) is 0. The van der Waals surface area contributed by atoms with E-state index in [1.54, 1.807) is 12.1 Å². The number of rotatable bonds is 16. The van der Waals surface area contributed by atoms with Gasteiger partial charge >= 0.3 is 37.7 Å². The zero-order valence-corrected chi connectivity index (χ0v) is 22.8. The van der Waals surface area contributed by atoms with Crippen molar-refractivity contribution in [3.8, 4) is 11.5 Å². The SMILES string of the molecule is CCCCCCCCc1cccc([O-])c1Cc1c([O-])cccc1CCCCCCCC.[Ca+2]. The number of unbranched alkanes of at least 4 members (excludes halogenated alkanes) is 10. The Bertz CT molecular complexity index is 693. The number of hydrogen-bond acceptors (Lipinski definition) is 2. The normalized spacial score (nSPS) is 10.8. The van der Waals surface area contributed by atoms with Gasteiger partial charge in [-0.2, -0.15) is 0 Å². The molecule has 0 saturated heterocycles. The van der Waals surface area contributed by atoms with Gasteiger partial charge in [0.2, 0.25) is 0 Å². The van der Waals surface area contributed by atoms with E-state index in [-0.39, 0.29) is 49.2 Å². The molecule has 0 aliphatic heterocycles. The summed E-state index contributed by atoms with van der Waals surface area (Å²) in [5.74, 6) is 0.162. The molecule has 0 amide bonds. The molecule has 0 aliphatic rings. The largest absolute Gasteiger partial charge is 2.00 e. The molecule has 0 aromatic heterocycles. The average molecular weight is 463 g/mol. The molecule has 2 aromatic rings. The van der Waals surface area contributed by atoms with Crippen LogP contribution in [0.3, 0.4) is 0 Å². The van der Waals surface area contributed by atoms with Gasteiger partial charge in [-0.15, -0.1) is 11.5 Å². The molecule has 0 radical (unpaired) electrons. The summed E-state index contributed by atoms with van der Waals surface area (Å²) in [6, 6.07) is 11.2. The van der Waals surface area contributed by atoms with Crippen molar-refractivity contribution in [1.29, 1.82) is 0 Å². The molecule has 0 atom stereocenters. The van der Waals surface area contributed by atoms with Gasteiger partial charge in [0.15, 0.2) is 0 Å². The van der Waals surface area contributed by atoms with Crippen LogP contribution < -0.4 is 10.2 Å². The van der Waals surface area contributed by atoms with Crippen LogP contribution in [-0.4, -0.2) is 37.7 Å². The molecule has 32 heavy (non-hydrogen) atoms. The van der Waals surface area contributed by atoms with Gasteiger partial charge in [-0.05, 0) is 54.4 Å². The summed E-state index contributed by atoms with van der Waals surface area (Å²) >= 11 is 0. The Balaban J connectivity index is 0.00000512. The maximum absolute atomic E-state index is 12.7. The van der Waals surface area contributed by atoms with E-state index in [9.17, 15) is 10.2 Å². The molecule has 0 saturated carbocycles. The van der Waals surface area contributed by atoms with Crippen LogP contribution in [0.25, 0.3) is 0 Å². The predicted molar refractivity (Wildman–Crippen MR) is 134 cm³/mol. The van der Waals surface area contributed by atoms with Crippen molar-refractivity contribution in [2.45, 2.75) is 110 Å². The first kappa shape index (κ1) is 29.3. The van der Waals surface area contributed by atoms with Gasteiger partial charge in [0.05, 0.1) is 0 Å². The Morgan fingerprint density at radius 1 is 0.531 bits per heavy atom. The molecule has 0 heterocycles. The van der Waals surface area contributed by atoms with Crippen LogP contribution in [0.2, 0.25) is 0 Å². The Hall–Kier alpha value is -0.700. The summed E-state index contributed by atoms with van der Waals surface area (Å²) in [6.45, 7) is 4.47. The third-order valence-electron chi connectivity index (χ3n) is 6.41. The molecule has 0 aliphatic carbocycles. The first-order chi connectivity index (χ1) is 15.2. The molecule has 0 bridgehead atoms. The standard InChI is InChI=1S/C29H44O2.Ca/c1-3-5-7-9-11-13-17-24-19-15-21-28(30)26(24)23-27-25(20-16-22-29(27)31)18-14-12-10-8-6-4-2;/h15-16,19-22,30-31H,3-14,17-18,23H2,1-2H3;/q;+2/p-2. The van der Waals surface area contributed by atoms with E-state index in [4.69, 9.17) is 0 Å². The summed E-state index contributed by atoms with van der Waals surface area (Å²) in [6.07, 6.45) is 17.3.